The lowest BCUT2D eigenvalue weighted by Gasteiger charge is -2.10. The van der Waals surface area contributed by atoms with E-state index in [1.165, 1.54) is 0 Å². The molecule has 0 amide bonds. The van der Waals surface area contributed by atoms with Crippen molar-refractivity contribution in [3.05, 3.63) is 68.5 Å². The molecule has 3 aromatic rings. The molecule has 0 spiro atoms. The molecule has 3 N–H and O–H groups in total. The van der Waals surface area contributed by atoms with Crippen LogP contribution in [0.2, 0.25) is 0 Å². The Labute approximate surface area is 148 Å². The molecule has 0 aliphatic rings. The Kier molecular flexibility index (Phi) is 4.64. The first-order valence-corrected chi connectivity index (χ1v) is 9.36. The number of halogens is 1. The van der Waals surface area contributed by atoms with Crippen LogP contribution >= 0.6 is 0 Å². The van der Waals surface area contributed by atoms with E-state index in [4.69, 9.17) is 0 Å². The van der Waals surface area contributed by atoms with Crippen LogP contribution < -0.4 is 15.8 Å². The van der Waals surface area contributed by atoms with Gasteiger partial charge in [-0.15, -0.1) is 0 Å². The van der Waals surface area contributed by atoms with Crippen molar-refractivity contribution in [1.82, 2.24) is 9.97 Å². The highest BCUT2D eigenvalue weighted by Crippen LogP contribution is 2.22. The third-order valence-electron chi connectivity index (χ3n) is 3.81. The van der Waals surface area contributed by atoms with Gasteiger partial charge >= 0.3 is 11.1 Å². The van der Waals surface area contributed by atoms with Crippen LogP contribution in [0.1, 0.15) is 18.9 Å². The molecule has 136 valence electrons. The fraction of sp³-hybridized carbons (Fsp3) is 0.176. The van der Waals surface area contributed by atoms with Crippen LogP contribution in [0.15, 0.2) is 50.9 Å². The molecule has 0 unspecified atom stereocenters. The maximum absolute atomic E-state index is 14.3. The molecule has 26 heavy (non-hydrogen) atoms. The number of hydrogen-bond donors (Lipinski definition) is 3. The maximum atomic E-state index is 14.3. The minimum absolute atomic E-state index is 0.00466. The molecular formula is C17H16FN3O4S. The lowest BCUT2D eigenvalue weighted by Crippen LogP contribution is -2.29. The summed E-state index contributed by atoms with van der Waals surface area (Å²) >= 11 is 0. The Hall–Kier alpha value is -2.94. The number of aromatic amines is 2. The van der Waals surface area contributed by atoms with Gasteiger partial charge in [-0.1, -0.05) is 25.5 Å². The lowest BCUT2D eigenvalue weighted by molar-refractivity contribution is 0.571. The maximum Gasteiger partial charge on any atom is 0.314 e. The number of H-pyrrole nitrogens is 2. The highest BCUT2D eigenvalue weighted by molar-refractivity contribution is 7.92. The van der Waals surface area contributed by atoms with Crippen molar-refractivity contribution in [2.45, 2.75) is 24.7 Å². The topological polar surface area (TPSA) is 112 Å². The molecule has 9 heteroatoms. The van der Waals surface area contributed by atoms with Gasteiger partial charge in [-0.3, -0.25) is 14.3 Å². The Morgan fingerprint density at radius 2 is 1.58 bits per heavy atom. The molecule has 0 radical (unpaired) electrons. The van der Waals surface area contributed by atoms with Gasteiger partial charge in [-0.2, -0.15) is 0 Å². The third-order valence-corrected chi connectivity index (χ3v) is 5.21. The fourth-order valence-corrected chi connectivity index (χ4v) is 3.71. The summed E-state index contributed by atoms with van der Waals surface area (Å²) in [4.78, 5) is 26.5. The summed E-state index contributed by atoms with van der Waals surface area (Å²) in [6, 6.07) is 8.60. The second-order valence-electron chi connectivity index (χ2n) is 5.79. The first-order valence-electron chi connectivity index (χ1n) is 7.88. The van der Waals surface area contributed by atoms with Crippen LogP contribution in [0.25, 0.3) is 11.0 Å². The summed E-state index contributed by atoms with van der Waals surface area (Å²) in [5, 5.41) is 0. The lowest BCUT2D eigenvalue weighted by atomic mass is 10.1. The predicted molar refractivity (Wildman–Crippen MR) is 96.4 cm³/mol. The Balaban J connectivity index is 2.00. The monoisotopic (exact) mass is 377 g/mol. The molecular weight excluding hydrogens is 361 g/mol. The van der Waals surface area contributed by atoms with Crippen molar-refractivity contribution >= 4 is 26.7 Å². The van der Waals surface area contributed by atoms with Gasteiger partial charge in [0.1, 0.15) is 10.7 Å². The molecule has 2 aromatic carbocycles. The van der Waals surface area contributed by atoms with Crippen LogP contribution in [0.5, 0.6) is 0 Å². The van der Waals surface area contributed by atoms with E-state index in [9.17, 15) is 22.4 Å². The molecule has 0 aliphatic heterocycles. The van der Waals surface area contributed by atoms with Gasteiger partial charge in [-0.05, 0) is 30.2 Å². The molecule has 0 atom stereocenters. The number of aryl methyl sites for hydroxylation is 1. The first-order chi connectivity index (χ1) is 12.3. The highest BCUT2D eigenvalue weighted by atomic mass is 32.2. The van der Waals surface area contributed by atoms with E-state index < -0.39 is 31.9 Å². The molecule has 0 aliphatic carbocycles. The Bertz CT molecular complexity index is 1180. The van der Waals surface area contributed by atoms with Gasteiger partial charge in [0, 0.05) is 11.8 Å². The van der Waals surface area contributed by atoms with Crippen molar-refractivity contribution in [1.29, 1.82) is 0 Å². The zero-order valence-electron chi connectivity index (χ0n) is 13.8. The molecule has 0 bridgehead atoms. The van der Waals surface area contributed by atoms with Gasteiger partial charge in [-0.25, -0.2) is 12.8 Å². The number of nitrogens with one attached hydrogen (secondary N) is 3. The molecule has 3 rings (SSSR count). The molecule has 0 saturated heterocycles. The van der Waals surface area contributed by atoms with Gasteiger partial charge in [0.25, 0.3) is 10.0 Å². The predicted octanol–water partition coefficient (Wildman–Crippen LogP) is 2.11. The fourth-order valence-electron chi connectivity index (χ4n) is 2.56. The Morgan fingerprint density at radius 1 is 1.00 bits per heavy atom. The van der Waals surface area contributed by atoms with Crippen LogP contribution in [0, 0.1) is 5.82 Å². The summed E-state index contributed by atoms with van der Waals surface area (Å²) < 4.78 is 41.6. The van der Waals surface area contributed by atoms with Crippen LogP contribution in [-0.2, 0) is 16.4 Å². The van der Waals surface area contributed by atoms with Crippen LogP contribution in [0.4, 0.5) is 10.1 Å². The second-order valence-corrected chi connectivity index (χ2v) is 7.44. The van der Waals surface area contributed by atoms with E-state index in [0.717, 1.165) is 30.5 Å². The summed E-state index contributed by atoms with van der Waals surface area (Å²) in [6.45, 7) is 2.04. The minimum Gasteiger partial charge on any atom is -0.316 e. The van der Waals surface area contributed by atoms with Crippen LogP contribution in [0.3, 0.4) is 0 Å². The number of hydrogen-bond acceptors (Lipinski definition) is 4. The highest BCUT2D eigenvalue weighted by Gasteiger charge is 2.21. The largest absolute Gasteiger partial charge is 0.316 e. The second kappa shape index (κ2) is 6.75. The molecule has 0 fully saturated rings. The number of aromatic nitrogens is 2. The van der Waals surface area contributed by atoms with Crippen molar-refractivity contribution in [2.75, 3.05) is 4.72 Å². The van der Waals surface area contributed by atoms with E-state index in [0.29, 0.717) is 5.69 Å². The smallest absolute Gasteiger partial charge is 0.314 e. The number of sulfonamides is 1. The summed E-state index contributed by atoms with van der Waals surface area (Å²) in [5.41, 5.74) is -0.539. The van der Waals surface area contributed by atoms with E-state index in [-0.39, 0.29) is 11.0 Å². The van der Waals surface area contributed by atoms with Crippen LogP contribution in [-0.4, -0.2) is 18.4 Å². The SMILES string of the molecule is CCCc1ccc(NS(=O)(=O)c2cc3[nH]c(=O)c(=O)[nH]c3cc2F)cc1. The molecule has 0 saturated carbocycles. The first kappa shape index (κ1) is 17.9. The number of anilines is 1. The quantitative estimate of drug-likeness (QED) is 0.591. The van der Waals surface area contributed by atoms with E-state index in [2.05, 4.69) is 14.7 Å². The van der Waals surface area contributed by atoms with Crippen molar-refractivity contribution in [3.8, 4) is 0 Å². The molecule has 7 nitrogen and oxygen atoms in total. The van der Waals surface area contributed by atoms with Gasteiger partial charge in [0.05, 0.1) is 11.0 Å². The molecule has 1 aromatic heterocycles. The minimum atomic E-state index is -4.22. The number of fused-ring (bicyclic) bond motifs is 1. The van der Waals surface area contributed by atoms with Gasteiger partial charge in [0.2, 0.25) is 0 Å². The number of benzene rings is 2. The average molecular weight is 377 g/mol. The summed E-state index contributed by atoms with van der Waals surface area (Å²) in [6.07, 6.45) is 1.84. The van der Waals surface area contributed by atoms with E-state index in [1.54, 1.807) is 24.3 Å². The summed E-state index contributed by atoms with van der Waals surface area (Å²) in [7, 11) is -4.22. The number of rotatable bonds is 5. The normalized spacial score (nSPS) is 11.6. The van der Waals surface area contributed by atoms with Gasteiger partial charge in [0.15, 0.2) is 0 Å². The van der Waals surface area contributed by atoms with Crippen molar-refractivity contribution < 1.29 is 12.8 Å². The van der Waals surface area contributed by atoms with E-state index in [1.807, 2.05) is 6.92 Å². The Morgan fingerprint density at radius 3 is 2.15 bits per heavy atom. The average Bonchev–Trinajstić information content (AvgIpc) is 2.57. The van der Waals surface area contributed by atoms with E-state index >= 15 is 0 Å². The van der Waals surface area contributed by atoms with Crippen molar-refractivity contribution in [3.63, 3.8) is 0 Å². The molecule has 1 heterocycles. The zero-order chi connectivity index (χ0) is 18.9. The standard InChI is InChI=1S/C17H16FN3O4S/c1-2-3-10-4-6-11(7-5-10)21-26(24,25)15-9-14-13(8-12(15)18)19-16(22)17(23)20-14/h4-9,21H,2-3H2,1H3,(H,19,22)(H,20,23). The third kappa shape index (κ3) is 3.52. The zero-order valence-corrected chi connectivity index (χ0v) is 14.6. The van der Waals surface area contributed by atoms with Gasteiger partial charge < -0.3 is 9.97 Å². The summed E-state index contributed by atoms with van der Waals surface area (Å²) in [5.74, 6) is -1.05. The van der Waals surface area contributed by atoms with Crippen molar-refractivity contribution in [2.24, 2.45) is 0 Å².